The second kappa shape index (κ2) is 17.3. The second-order valence-corrected chi connectivity index (χ2v) is 12.3. The molecule has 7 rings (SSSR count). The van der Waals surface area contributed by atoms with E-state index in [0.717, 1.165) is 5.56 Å². The molecule has 0 spiro atoms. The maximum atomic E-state index is 13.8. The molecule has 0 aliphatic heterocycles. The van der Waals surface area contributed by atoms with Gasteiger partial charge in [-0.05, 0) is 77.9 Å². The molecule has 0 fully saturated rings. The lowest BCUT2D eigenvalue weighted by atomic mass is 9.93. The molecule has 0 saturated heterocycles. The topological polar surface area (TPSA) is 105 Å². The Kier molecular flexibility index (Phi) is 11.3. The minimum atomic E-state index is -0.713. The number of esters is 4. The van der Waals surface area contributed by atoms with Gasteiger partial charge in [0.2, 0.25) is 0 Å². The highest BCUT2D eigenvalue weighted by Crippen LogP contribution is 2.45. The van der Waals surface area contributed by atoms with Crippen molar-refractivity contribution >= 4 is 35.5 Å². The van der Waals surface area contributed by atoms with Crippen LogP contribution >= 0.6 is 0 Å². The predicted molar refractivity (Wildman–Crippen MR) is 212 cm³/mol. The van der Waals surface area contributed by atoms with Crippen molar-refractivity contribution in [1.29, 1.82) is 0 Å². The highest BCUT2D eigenvalue weighted by atomic mass is 16.6. The molecule has 8 heteroatoms. The van der Waals surface area contributed by atoms with Gasteiger partial charge < -0.3 is 18.9 Å². The summed E-state index contributed by atoms with van der Waals surface area (Å²) in [5, 5.41) is 0. The van der Waals surface area contributed by atoms with Gasteiger partial charge in [0.25, 0.3) is 0 Å². The highest BCUT2D eigenvalue weighted by Gasteiger charge is 2.27. The van der Waals surface area contributed by atoms with Gasteiger partial charge in [-0.3, -0.25) is 0 Å². The van der Waals surface area contributed by atoms with Gasteiger partial charge in [0, 0.05) is 11.1 Å². The molecule has 0 amide bonds. The smallest absolute Gasteiger partial charge is 0.343 e. The summed E-state index contributed by atoms with van der Waals surface area (Å²) in [4.78, 5) is 54.4. The third kappa shape index (κ3) is 8.68. The fraction of sp³-hybridized carbons (Fsp3) is 0. The number of hydrogen-bond donors (Lipinski definition) is 0. The first-order valence-electron chi connectivity index (χ1n) is 17.6. The van der Waals surface area contributed by atoms with Gasteiger partial charge in [-0.1, -0.05) is 127 Å². The van der Waals surface area contributed by atoms with Crippen molar-refractivity contribution in [2.24, 2.45) is 0 Å². The van der Waals surface area contributed by atoms with Crippen LogP contribution in [0.5, 0.6) is 23.0 Å². The first kappa shape index (κ1) is 36.5. The van der Waals surface area contributed by atoms with Crippen LogP contribution in [0, 0.1) is 0 Å². The lowest BCUT2D eigenvalue weighted by Gasteiger charge is -2.20. The van der Waals surface area contributed by atoms with Crippen LogP contribution in [0.2, 0.25) is 0 Å². The first-order chi connectivity index (χ1) is 27.4. The molecule has 0 heterocycles. The predicted octanol–water partition coefficient (Wildman–Crippen LogP) is 10.2. The summed E-state index contributed by atoms with van der Waals surface area (Å²) in [6, 6.07) is 52.6. The van der Waals surface area contributed by atoms with Crippen molar-refractivity contribution < 1.29 is 38.1 Å². The Morgan fingerprint density at radius 1 is 0.321 bits per heavy atom. The number of rotatable bonds is 11. The molecular formula is C48H32O8. The van der Waals surface area contributed by atoms with E-state index in [1.807, 2.05) is 30.3 Å². The van der Waals surface area contributed by atoms with Gasteiger partial charge in [-0.15, -0.1) is 0 Å². The summed E-state index contributed by atoms with van der Waals surface area (Å²) < 4.78 is 24.1. The summed E-state index contributed by atoms with van der Waals surface area (Å²) in [7, 11) is 0. The van der Waals surface area contributed by atoms with Crippen LogP contribution in [-0.2, 0) is 0 Å². The van der Waals surface area contributed by atoms with Crippen molar-refractivity contribution in [2.45, 2.75) is 0 Å². The molecule has 56 heavy (non-hydrogen) atoms. The molecule has 0 atom stereocenters. The minimum Gasteiger partial charge on any atom is -0.419 e. The SMILES string of the molecule is O=C(Oc1cccc(C(=Cc2ccccc2)c2cccc(OC(=O)c3ccccc3)c2OC(=O)c2ccccc2)c1OC(=O)c1ccccc1)c1ccccc1. The minimum absolute atomic E-state index is 0.0471. The zero-order valence-corrected chi connectivity index (χ0v) is 29.7. The molecule has 272 valence electrons. The summed E-state index contributed by atoms with van der Waals surface area (Å²) >= 11 is 0. The molecule has 0 aliphatic rings. The van der Waals surface area contributed by atoms with E-state index in [2.05, 4.69) is 0 Å². The fourth-order valence-corrected chi connectivity index (χ4v) is 5.76. The van der Waals surface area contributed by atoms with Crippen LogP contribution in [0.1, 0.15) is 58.1 Å². The molecule has 0 bridgehead atoms. The van der Waals surface area contributed by atoms with Gasteiger partial charge in [0.15, 0.2) is 23.0 Å². The maximum Gasteiger partial charge on any atom is 0.343 e. The number of carbonyl (C=O) groups is 4. The average molecular weight is 737 g/mol. The van der Waals surface area contributed by atoms with Crippen LogP contribution < -0.4 is 18.9 Å². The summed E-state index contributed by atoms with van der Waals surface area (Å²) in [5.74, 6) is -3.05. The lowest BCUT2D eigenvalue weighted by molar-refractivity contribution is 0.0681. The standard InChI is InChI=1S/C48H32O8/c49-45(34-20-8-2-9-21-34)53-41-30-16-28-38(43(41)55-47(51)36-24-12-4-13-25-36)40(32-33-18-6-1-7-19-33)39-29-17-31-42(54-46(50)35-22-10-3-11-23-35)44(39)56-48(52)37-26-14-5-15-27-37/h1-32H. The third-order valence-electron chi connectivity index (χ3n) is 8.48. The van der Waals surface area contributed by atoms with Gasteiger partial charge >= 0.3 is 23.9 Å². The molecule has 0 unspecified atom stereocenters. The largest absolute Gasteiger partial charge is 0.419 e. The van der Waals surface area contributed by atoms with Crippen molar-refractivity contribution in [3.8, 4) is 23.0 Å². The van der Waals surface area contributed by atoms with Gasteiger partial charge in [-0.2, -0.15) is 0 Å². The number of hydrogen-bond acceptors (Lipinski definition) is 8. The Hall–Kier alpha value is -7.84. The van der Waals surface area contributed by atoms with Crippen LogP contribution in [0.4, 0.5) is 0 Å². The van der Waals surface area contributed by atoms with E-state index in [1.54, 1.807) is 152 Å². The Labute approximate surface area is 322 Å². The van der Waals surface area contributed by atoms with E-state index in [9.17, 15) is 19.2 Å². The van der Waals surface area contributed by atoms with Crippen molar-refractivity contribution in [2.75, 3.05) is 0 Å². The first-order valence-corrected chi connectivity index (χ1v) is 17.6. The van der Waals surface area contributed by atoms with Gasteiger partial charge in [0.1, 0.15) is 0 Å². The van der Waals surface area contributed by atoms with E-state index in [0.29, 0.717) is 16.7 Å². The Balaban J connectivity index is 1.43. The number of benzene rings is 7. The van der Waals surface area contributed by atoms with E-state index >= 15 is 0 Å². The third-order valence-corrected chi connectivity index (χ3v) is 8.48. The molecule has 0 aliphatic carbocycles. The van der Waals surface area contributed by atoms with Crippen LogP contribution in [0.15, 0.2) is 188 Å². The summed E-state index contributed by atoms with van der Waals surface area (Å²) in [6.07, 6.45) is 1.80. The van der Waals surface area contributed by atoms with Crippen molar-refractivity contribution in [3.63, 3.8) is 0 Å². The number of para-hydroxylation sites is 2. The Morgan fingerprint density at radius 3 is 0.964 bits per heavy atom. The summed E-state index contributed by atoms with van der Waals surface area (Å²) in [5.41, 5.74) is 2.74. The Morgan fingerprint density at radius 2 is 0.625 bits per heavy atom. The van der Waals surface area contributed by atoms with Crippen LogP contribution in [0.25, 0.3) is 11.6 Å². The average Bonchev–Trinajstić information content (AvgIpc) is 3.25. The van der Waals surface area contributed by atoms with Crippen molar-refractivity contribution in [3.05, 3.63) is 227 Å². The Bertz CT molecular complexity index is 2360. The normalized spacial score (nSPS) is 10.4. The van der Waals surface area contributed by atoms with Gasteiger partial charge in [-0.25, -0.2) is 19.2 Å². The molecular weight excluding hydrogens is 705 g/mol. The zero-order chi connectivity index (χ0) is 38.7. The van der Waals surface area contributed by atoms with E-state index in [-0.39, 0.29) is 45.3 Å². The fourth-order valence-electron chi connectivity index (χ4n) is 5.76. The quantitative estimate of drug-likeness (QED) is 0.0734. The lowest BCUT2D eigenvalue weighted by Crippen LogP contribution is -2.15. The maximum absolute atomic E-state index is 13.8. The highest BCUT2D eigenvalue weighted by molar-refractivity contribution is 6.01. The van der Waals surface area contributed by atoms with Crippen LogP contribution in [0.3, 0.4) is 0 Å². The van der Waals surface area contributed by atoms with E-state index < -0.39 is 23.9 Å². The zero-order valence-electron chi connectivity index (χ0n) is 29.7. The molecule has 0 N–H and O–H groups in total. The second-order valence-electron chi connectivity index (χ2n) is 12.3. The molecule has 0 aromatic heterocycles. The van der Waals surface area contributed by atoms with E-state index in [4.69, 9.17) is 18.9 Å². The molecule has 7 aromatic carbocycles. The van der Waals surface area contributed by atoms with Crippen LogP contribution in [-0.4, -0.2) is 23.9 Å². The molecule has 7 aromatic rings. The summed E-state index contributed by atoms with van der Waals surface area (Å²) in [6.45, 7) is 0. The number of ether oxygens (including phenoxy) is 4. The molecule has 0 saturated carbocycles. The van der Waals surface area contributed by atoms with E-state index in [1.165, 1.54) is 12.1 Å². The van der Waals surface area contributed by atoms with Crippen molar-refractivity contribution in [1.82, 2.24) is 0 Å². The monoisotopic (exact) mass is 736 g/mol. The number of carbonyl (C=O) groups excluding carboxylic acids is 4. The molecule has 0 radical (unpaired) electrons. The molecule has 8 nitrogen and oxygen atoms in total. The van der Waals surface area contributed by atoms with Gasteiger partial charge in [0.05, 0.1) is 22.3 Å².